The second-order valence-electron chi connectivity index (χ2n) is 4.43. The molecule has 0 saturated carbocycles. The highest BCUT2D eigenvalue weighted by atomic mass is 16.6. The molecule has 0 amide bonds. The van der Waals surface area contributed by atoms with Gasteiger partial charge in [0, 0.05) is 12.1 Å². The van der Waals surface area contributed by atoms with Crippen molar-refractivity contribution in [2.75, 3.05) is 20.8 Å². The minimum absolute atomic E-state index is 0.0291. The first-order valence-electron chi connectivity index (χ1n) is 6.61. The molecular weight excluding hydrogens is 304 g/mol. The van der Waals surface area contributed by atoms with Crippen molar-refractivity contribution in [2.45, 2.75) is 0 Å². The van der Waals surface area contributed by atoms with E-state index in [1.54, 1.807) is 0 Å². The van der Waals surface area contributed by atoms with Gasteiger partial charge in [-0.3, -0.25) is 0 Å². The SMILES string of the molecule is COc1cc(OCC(=O)Oc2ccc(O)c(OC)c2)ccc1O. The van der Waals surface area contributed by atoms with E-state index < -0.39 is 5.97 Å². The maximum absolute atomic E-state index is 11.8. The molecule has 0 aliphatic carbocycles. The summed E-state index contributed by atoms with van der Waals surface area (Å²) in [7, 11) is 2.80. The first-order valence-corrected chi connectivity index (χ1v) is 6.61. The second kappa shape index (κ2) is 7.26. The highest BCUT2D eigenvalue weighted by molar-refractivity contribution is 5.74. The van der Waals surface area contributed by atoms with Crippen LogP contribution in [0.25, 0.3) is 0 Å². The molecule has 0 aliphatic rings. The van der Waals surface area contributed by atoms with Crippen molar-refractivity contribution in [3.8, 4) is 34.5 Å². The van der Waals surface area contributed by atoms with Gasteiger partial charge < -0.3 is 29.2 Å². The first-order chi connectivity index (χ1) is 11.0. The fraction of sp³-hybridized carbons (Fsp3) is 0.188. The zero-order valence-electron chi connectivity index (χ0n) is 12.6. The van der Waals surface area contributed by atoms with E-state index in [1.807, 2.05) is 0 Å². The molecule has 7 heteroatoms. The molecule has 0 heterocycles. The Morgan fingerprint density at radius 1 is 0.913 bits per heavy atom. The van der Waals surface area contributed by atoms with Gasteiger partial charge in [-0.1, -0.05) is 0 Å². The van der Waals surface area contributed by atoms with Gasteiger partial charge in [-0.15, -0.1) is 0 Å². The van der Waals surface area contributed by atoms with Crippen LogP contribution in [0.1, 0.15) is 0 Å². The van der Waals surface area contributed by atoms with Crippen molar-refractivity contribution in [3.05, 3.63) is 36.4 Å². The summed E-state index contributed by atoms with van der Waals surface area (Å²) < 4.78 is 20.2. The molecule has 2 aromatic rings. The number of hydrogen-bond acceptors (Lipinski definition) is 7. The number of esters is 1. The smallest absolute Gasteiger partial charge is 0.349 e. The molecular formula is C16H16O7. The predicted molar refractivity (Wildman–Crippen MR) is 80.4 cm³/mol. The van der Waals surface area contributed by atoms with Crippen molar-refractivity contribution in [1.82, 2.24) is 0 Å². The molecule has 0 unspecified atom stereocenters. The molecule has 23 heavy (non-hydrogen) atoms. The van der Waals surface area contributed by atoms with Crippen LogP contribution in [0.3, 0.4) is 0 Å². The highest BCUT2D eigenvalue weighted by Gasteiger charge is 2.10. The molecule has 2 N–H and O–H groups in total. The average Bonchev–Trinajstić information content (AvgIpc) is 2.55. The van der Waals surface area contributed by atoms with Crippen LogP contribution in [-0.2, 0) is 4.79 Å². The van der Waals surface area contributed by atoms with Gasteiger partial charge in [-0.25, -0.2) is 4.79 Å². The number of carbonyl (C=O) groups excluding carboxylic acids is 1. The third kappa shape index (κ3) is 4.19. The molecule has 0 bridgehead atoms. The van der Waals surface area contributed by atoms with Crippen molar-refractivity contribution in [3.63, 3.8) is 0 Å². The fourth-order valence-electron chi connectivity index (χ4n) is 1.77. The summed E-state index contributed by atoms with van der Waals surface area (Å²) in [6.45, 7) is -0.336. The molecule has 2 aromatic carbocycles. The van der Waals surface area contributed by atoms with Crippen LogP contribution < -0.4 is 18.9 Å². The molecule has 0 atom stereocenters. The summed E-state index contributed by atoms with van der Waals surface area (Å²) in [5.74, 6) is 0.276. The summed E-state index contributed by atoms with van der Waals surface area (Å²) >= 11 is 0. The lowest BCUT2D eigenvalue weighted by Gasteiger charge is -2.10. The minimum Gasteiger partial charge on any atom is -0.504 e. The van der Waals surface area contributed by atoms with Gasteiger partial charge in [0.15, 0.2) is 29.6 Å². The molecule has 122 valence electrons. The van der Waals surface area contributed by atoms with Gasteiger partial charge in [0.05, 0.1) is 14.2 Å². The Morgan fingerprint density at radius 2 is 1.43 bits per heavy atom. The number of phenolic OH excluding ortho intramolecular Hbond substituents is 2. The maximum Gasteiger partial charge on any atom is 0.349 e. The summed E-state index contributed by atoms with van der Waals surface area (Å²) in [6, 6.07) is 8.51. The van der Waals surface area contributed by atoms with Crippen LogP contribution in [-0.4, -0.2) is 37.0 Å². The zero-order chi connectivity index (χ0) is 16.8. The first kappa shape index (κ1) is 16.3. The van der Waals surface area contributed by atoms with Crippen LogP contribution in [0, 0.1) is 0 Å². The van der Waals surface area contributed by atoms with Gasteiger partial charge in [0.1, 0.15) is 11.5 Å². The van der Waals surface area contributed by atoms with E-state index in [0.29, 0.717) is 5.75 Å². The van der Waals surface area contributed by atoms with E-state index in [9.17, 15) is 15.0 Å². The predicted octanol–water partition coefficient (Wildman–Crippen LogP) is 2.10. The zero-order valence-corrected chi connectivity index (χ0v) is 12.6. The number of ether oxygens (including phenoxy) is 4. The molecule has 0 saturated heterocycles. The average molecular weight is 320 g/mol. The largest absolute Gasteiger partial charge is 0.504 e. The summed E-state index contributed by atoms with van der Waals surface area (Å²) in [5, 5.41) is 18.9. The number of aromatic hydroxyl groups is 2. The topological polar surface area (TPSA) is 94.5 Å². The maximum atomic E-state index is 11.8. The van der Waals surface area contributed by atoms with E-state index in [4.69, 9.17) is 18.9 Å². The third-order valence-corrected chi connectivity index (χ3v) is 2.89. The molecule has 7 nitrogen and oxygen atoms in total. The van der Waals surface area contributed by atoms with Crippen molar-refractivity contribution >= 4 is 5.97 Å². The monoisotopic (exact) mass is 320 g/mol. The minimum atomic E-state index is -0.634. The Bertz CT molecular complexity index is 697. The highest BCUT2D eigenvalue weighted by Crippen LogP contribution is 2.31. The molecule has 0 radical (unpaired) electrons. The number of carbonyl (C=O) groups is 1. The summed E-state index contributed by atoms with van der Waals surface area (Å²) in [4.78, 5) is 11.8. The summed E-state index contributed by atoms with van der Waals surface area (Å²) in [6.07, 6.45) is 0. The van der Waals surface area contributed by atoms with E-state index in [2.05, 4.69) is 0 Å². The van der Waals surface area contributed by atoms with Gasteiger partial charge in [0.25, 0.3) is 0 Å². The number of phenols is 2. The standard InChI is InChI=1S/C16H16O7/c1-20-14-7-10(3-5-12(14)17)22-9-16(19)23-11-4-6-13(18)15(8-11)21-2/h3-8,17-18H,9H2,1-2H3. The second-order valence-corrected chi connectivity index (χ2v) is 4.43. The Kier molecular flexibility index (Phi) is 5.14. The van der Waals surface area contributed by atoms with Gasteiger partial charge in [-0.05, 0) is 24.3 Å². The van der Waals surface area contributed by atoms with E-state index in [1.165, 1.54) is 50.6 Å². The van der Waals surface area contributed by atoms with Gasteiger partial charge >= 0.3 is 5.97 Å². The number of rotatable bonds is 6. The normalized spacial score (nSPS) is 10.0. The van der Waals surface area contributed by atoms with E-state index in [-0.39, 0.29) is 35.4 Å². The molecule has 0 fully saturated rings. The van der Waals surface area contributed by atoms with Crippen LogP contribution in [0.5, 0.6) is 34.5 Å². The molecule has 0 aromatic heterocycles. The van der Waals surface area contributed by atoms with Crippen molar-refractivity contribution in [2.24, 2.45) is 0 Å². The summed E-state index contributed by atoms with van der Waals surface area (Å²) in [5.41, 5.74) is 0. The van der Waals surface area contributed by atoms with Crippen molar-refractivity contribution < 1.29 is 34.0 Å². The quantitative estimate of drug-likeness (QED) is 0.621. The Balaban J connectivity index is 1.95. The molecule has 0 aliphatic heterocycles. The molecule has 2 rings (SSSR count). The van der Waals surface area contributed by atoms with Crippen LogP contribution in [0.4, 0.5) is 0 Å². The Hall–Kier alpha value is -3.09. The lowest BCUT2D eigenvalue weighted by molar-refractivity contribution is -0.136. The van der Waals surface area contributed by atoms with E-state index in [0.717, 1.165) is 0 Å². The molecule has 0 spiro atoms. The van der Waals surface area contributed by atoms with Crippen molar-refractivity contribution in [1.29, 1.82) is 0 Å². The number of methoxy groups -OCH3 is 2. The third-order valence-electron chi connectivity index (χ3n) is 2.89. The fourth-order valence-corrected chi connectivity index (χ4v) is 1.77. The van der Waals surface area contributed by atoms with E-state index >= 15 is 0 Å². The van der Waals surface area contributed by atoms with Gasteiger partial charge in [0.2, 0.25) is 0 Å². The Labute approximate surface area is 132 Å². The number of benzene rings is 2. The van der Waals surface area contributed by atoms with Crippen LogP contribution in [0.15, 0.2) is 36.4 Å². The Morgan fingerprint density at radius 3 is 2.00 bits per heavy atom. The van der Waals surface area contributed by atoms with Crippen LogP contribution >= 0.6 is 0 Å². The lowest BCUT2D eigenvalue weighted by atomic mass is 10.3. The van der Waals surface area contributed by atoms with Gasteiger partial charge in [-0.2, -0.15) is 0 Å². The van der Waals surface area contributed by atoms with Crippen LogP contribution in [0.2, 0.25) is 0 Å². The number of hydrogen-bond donors (Lipinski definition) is 2. The lowest BCUT2D eigenvalue weighted by Crippen LogP contribution is -2.17.